The number of aliphatic carboxylic acids is 1. The van der Waals surface area contributed by atoms with Crippen LogP contribution in [-0.4, -0.2) is 70.7 Å². The number of thioether (sulfide) groups is 2. The Morgan fingerprint density at radius 1 is 1.30 bits per heavy atom. The van der Waals surface area contributed by atoms with Gasteiger partial charge in [-0.15, -0.1) is 22.0 Å². The Bertz CT molecular complexity index is 1160. The lowest BCUT2D eigenvalue weighted by Crippen LogP contribution is -2.70. The topological polar surface area (TPSA) is 130 Å². The first kappa shape index (κ1) is 24.2. The lowest BCUT2D eigenvalue weighted by atomic mass is 10.0. The third-order valence-electron chi connectivity index (χ3n) is 5.29. The summed E-state index contributed by atoms with van der Waals surface area (Å²) in [5.41, 5.74) is 2.45. The SMILES string of the molecule is Cc1nnc(SCC2=C(C(=O)O)N3C(=O)[C@@H](NC(=O)CCn4nc(C)c(Br)c4C)[C@H]3SC2)s1. The third-order valence-corrected chi connectivity index (χ3v) is 9.83. The summed E-state index contributed by atoms with van der Waals surface area (Å²) in [5, 5.41) is 25.4. The molecule has 0 unspecified atom stereocenters. The van der Waals surface area contributed by atoms with Crippen LogP contribution in [0.5, 0.6) is 0 Å². The Labute approximate surface area is 210 Å². The van der Waals surface area contributed by atoms with Crippen molar-refractivity contribution in [3.63, 3.8) is 0 Å². The lowest BCUT2D eigenvalue weighted by Gasteiger charge is -2.49. The van der Waals surface area contributed by atoms with E-state index < -0.39 is 23.3 Å². The van der Waals surface area contributed by atoms with Crippen molar-refractivity contribution in [2.45, 2.75) is 49.5 Å². The standard InChI is InChI=1S/C19H21BrN6O4S3/c1-8-13(20)9(2)25(24-8)5-4-12(27)21-14-16(28)26-15(18(29)30)11(6-31-17(14)26)7-32-19-23-22-10(3)33-19/h14,17H,4-7H2,1-3H3,(H,21,27)(H,29,30)/t14-,17-/m1/s1. The molecule has 2 N–H and O–H groups in total. The largest absolute Gasteiger partial charge is 0.477 e. The minimum Gasteiger partial charge on any atom is -0.477 e. The fourth-order valence-corrected chi connectivity index (χ4v) is 7.21. The molecule has 176 valence electrons. The molecule has 0 aliphatic carbocycles. The van der Waals surface area contributed by atoms with Gasteiger partial charge in [-0.05, 0) is 42.3 Å². The molecule has 0 spiro atoms. The molecular weight excluding hydrogens is 552 g/mol. The van der Waals surface area contributed by atoms with Gasteiger partial charge in [-0.2, -0.15) is 5.10 Å². The lowest BCUT2D eigenvalue weighted by molar-refractivity contribution is -0.150. The van der Waals surface area contributed by atoms with Crippen molar-refractivity contribution in [3.8, 4) is 0 Å². The molecule has 2 aliphatic rings. The first-order chi connectivity index (χ1) is 15.7. The predicted molar refractivity (Wildman–Crippen MR) is 129 cm³/mol. The molecule has 4 heterocycles. The Hall–Kier alpha value is -1.90. The van der Waals surface area contributed by atoms with Crippen LogP contribution in [0, 0.1) is 20.8 Å². The van der Waals surface area contributed by atoms with Crippen LogP contribution in [0.1, 0.15) is 22.8 Å². The van der Waals surface area contributed by atoms with Crippen LogP contribution in [0.15, 0.2) is 20.1 Å². The van der Waals surface area contributed by atoms with Crippen molar-refractivity contribution in [2.75, 3.05) is 11.5 Å². The highest BCUT2D eigenvalue weighted by Crippen LogP contribution is 2.41. The number of carbonyl (C=O) groups excluding carboxylic acids is 2. The summed E-state index contributed by atoms with van der Waals surface area (Å²) in [5.74, 6) is -0.938. The maximum atomic E-state index is 12.8. The fourth-order valence-electron chi connectivity index (χ4n) is 3.63. The Morgan fingerprint density at radius 2 is 2.06 bits per heavy atom. The number of β-lactam (4-membered cyclic amide) rings is 1. The van der Waals surface area contributed by atoms with E-state index >= 15 is 0 Å². The molecule has 2 atom stereocenters. The number of aryl methyl sites for hydroxylation is 3. The van der Waals surface area contributed by atoms with E-state index in [2.05, 4.69) is 36.5 Å². The van der Waals surface area contributed by atoms with Crippen LogP contribution in [0.4, 0.5) is 0 Å². The number of halogens is 1. The monoisotopic (exact) mass is 572 g/mol. The van der Waals surface area contributed by atoms with Crippen molar-refractivity contribution in [1.29, 1.82) is 0 Å². The van der Waals surface area contributed by atoms with Crippen molar-refractivity contribution < 1.29 is 19.5 Å². The van der Waals surface area contributed by atoms with Gasteiger partial charge in [0.05, 0.1) is 16.7 Å². The number of nitrogens with zero attached hydrogens (tertiary/aromatic N) is 5. The number of hydrogen-bond acceptors (Lipinski definition) is 9. The van der Waals surface area contributed by atoms with E-state index in [1.807, 2.05) is 20.8 Å². The second-order valence-corrected chi connectivity index (χ2v) is 11.8. The molecule has 1 saturated heterocycles. The molecule has 0 aromatic carbocycles. The van der Waals surface area contributed by atoms with Gasteiger partial charge in [0.15, 0.2) is 4.34 Å². The van der Waals surface area contributed by atoms with Gasteiger partial charge in [0.25, 0.3) is 5.91 Å². The van der Waals surface area contributed by atoms with Gasteiger partial charge in [0.1, 0.15) is 22.1 Å². The zero-order valence-corrected chi connectivity index (χ0v) is 22.0. The molecule has 2 aliphatic heterocycles. The molecular formula is C19H21BrN6O4S3. The van der Waals surface area contributed by atoms with E-state index in [9.17, 15) is 19.5 Å². The number of aromatic nitrogens is 4. The summed E-state index contributed by atoms with van der Waals surface area (Å²) in [6.07, 6.45) is 0.167. The zero-order chi connectivity index (χ0) is 23.9. The van der Waals surface area contributed by atoms with Crippen LogP contribution < -0.4 is 5.32 Å². The first-order valence-electron chi connectivity index (χ1n) is 9.99. The van der Waals surface area contributed by atoms with Crippen molar-refractivity contribution >= 4 is 68.6 Å². The number of rotatable bonds is 8. The summed E-state index contributed by atoms with van der Waals surface area (Å²) in [6.45, 7) is 6.04. The van der Waals surface area contributed by atoms with Crippen LogP contribution >= 0.6 is 50.8 Å². The molecule has 1 fully saturated rings. The molecule has 14 heteroatoms. The van der Waals surface area contributed by atoms with E-state index in [0.29, 0.717) is 23.6 Å². The second-order valence-electron chi connectivity index (χ2n) is 7.55. The van der Waals surface area contributed by atoms with Gasteiger partial charge >= 0.3 is 5.97 Å². The highest BCUT2D eigenvalue weighted by Gasteiger charge is 2.54. The summed E-state index contributed by atoms with van der Waals surface area (Å²) < 4.78 is 3.42. The molecule has 0 bridgehead atoms. The Morgan fingerprint density at radius 3 is 2.67 bits per heavy atom. The van der Waals surface area contributed by atoms with Crippen molar-refractivity contribution in [1.82, 2.24) is 30.2 Å². The molecule has 2 amide bonds. The highest BCUT2D eigenvalue weighted by atomic mass is 79.9. The Balaban J connectivity index is 1.38. The summed E-state index contributed by atoms with van der Waals surface area (Å²) >= 11 is 7.77. The molecule has 2 aromatic heterocycles. The first-order valence-corrected chi connectivity index (χ1v) is 13.6. The predicted octanol–water partition coefficient (Wildman–Crippen LogP) is 2.34. The number of carbonyl (C=O) groups is 3. The molecule has 0 radical (unpaired) electrons. The third kappa shape index (κ3) is 4.84. The number of hydrogen-bond donors (Lipinski definition) is 2. The minimum atomic E-state index is -1.14. The fraction of sp³-hybridized carbons (Fsp3) is 0.474. The van der Waals surface area contributed by atoms with Crippen LogP contribution in [0.25, 0.3) is 0 Å². The van der Waals surface area contributed by atoms with Gasteiger partial charge in [0.2, 0.25) is 5.91 Å². The summed E-state index contributed by atoms with van der Waals surface area (Å²) in [6, 6.07) is -0.732. The summed E-state index contributed by atoms with van der Waals surface area (Å²) in [7, 11) is 0. The molecule has 4 rings (SSSR count). The Kier molecular flexibility index (Phi) is 7.17. The summed E-state index contributed by atoms with van der Waals surface area (Å²) in [4.78, 5) is 38.6. The van der Waals surface area contributed by atoms with E-state index in [0.717, 1.165) is 25.2 Å². The van der Waals surface area contributed by atoms with Crippen molar-refractivity contribution in [3.05, 3.63) is 32.1 Å². The van der Waals surface area contributed by atoms with Gasteiger partial charge in [-0.25, -0.2) is 4.79 Å². The number of carboxylic acid groups (broad SMARTS) is 1. The van der Waals surface area contributed by atoms with E-state index in [4.69, 9.17) is 0 Å². The van der Waals surface area contributed by atoms with Gasteiger partial charge < -0.3 is 10.4 Å². The smallest absolute Gasteiger partial charge is 0.352 e. The normalized spacial score (nSPS) is 20.0. The highest BCUT2D eigenvalue weighted by molar-refractivity contribution is 9.10. The van der Waals surface area contributed by atoms with Gasteiger partial charge in [-0.3, -0.25) is 19.2 Å². The minimum absolute atomic E-state index is 0.00970. The number of fused-ring (bicyclic) bond motifs is 1. The number of amides is 2. The number of carboxylic acids is 1. The van der Waals surface area contributed by atoms with Gasteiger partial charge in [-0.1, -0.05) is 23.1 Å². The van der Waals surface area contributed by atoms with Crippen LogP contribution in [-0.2, 0) is 20.9 Å². The van der Waals surface area contributed by atoms with E-state index in [1.165, 1.54) is 39.8 Å². The molecule has 2 aromatic rings. The second kappa shape index (κ2) is 9.76. The average Bonchev–Trinajstić information content (AvgIpc) is 3.31. The molecule has 33 heavy (non-hydrogen) atoms. The maximum Gasteiger partial charge on any atom is 0.352 e. The molecule has 0 saturated carbocycles. The van der Waals surface area contributed by atoms with E-state index in [1.54, 1.807) is 4.68 Å². The quantitative estimate of drug-likeness (QED) is 0.361. The maximum absolute atomic E-state index is 12.8. The average molecular weight is 574 g/mol. The number of nitrogens with one attached hydrogen (secondary N) is 1. The van der Waals surface area contributed by atoms with E-state index in [-0.39, 0.29) is 18.0 Å². The van der Waals surface area contributed by atoms with Crippen molar-refractivity contribution in [2.24, 2.45) is 0 Å². The van der Waals surface area contributed by atoms with Crippen LogP contribution in [0.3, 0.4) is 0 Å². The molecule has 10 nitrogen and oxygen atoms in total. The van der Waals surface area contributed by atoms with Crippen LogP contribution in [0.2, 0.25) is 0 Å². The van der Waals surface area contributed by atoms with Gasteiger partial charge in [0, 0.05) is 23.6 Å². The zero-order valence-electron chi connectivity index (χ0n) is 18.0.